The number of piperazine rings is 1. The van der Waals surface area contributed by atoms with E-state index in [1.54, 1.807) is 12.1 Å². The lowest BCUT2D eigenvalue weighted by Gasteiger charge is -2.35. The molecule has 0 atom stereocenters. The normalized spacial score (nSPS) is 14.5. The van der Waals surface area contributed by atoms with Crippen molar-refractivity contribution in [2.45, 2.75) is 6.92 Å². The molecule has 0 saturated carbocycles. The summed E-state index contributed by atoms with van der Waals surface area (Å²) in [5, 5.41) is 15.6. The van der Waals surface area contributed by atoms with Crippen LogP contribution in [-0.2, 0) is 14.3 Å². The highest BCUT2D eigenvalue weighted by Gasteiger charge is 2.17. The lowest BCUT2D eigenvalue weighted by molar-refractivity contribution is -0.134. The second kappa shape index (κ2) is 12.6. The third-order valence-electron chi connectivity index (χ3n) is 3.81. The quantitative estimate of drug-likeness (QED) is 0.533. The van der Waals surface area contributed by atoms with E-state index in [9.17, 15) is 14.4 Å². The molecule has 8 heteroatoms. The lowest BCUT2D eigenvalue weighted by atomic mass is 10.2. The van der Waals surface area contributed by atoms with Crippen LogP contribution in [0.3, 0.4) is 0 Å². The van der Waals surface area contributed by atoms with E-state index in [1.807, 2.05) is 25.1 Å². The molecule has 8 nitrogen and oxygen atoms in total. The molecule has 148 valence electrons. The van der Waals surface area contributed by atoms with Gasteiger partial charge in [-0.2, -0.15) is 0 Å². The zero-order valence-corrected chi connectivity index (χ0v) is 15.4. The van der Waals surface area contributed by atoms with Gasteiger partial charge in [0.15, 0.2) is 0 Å². The fourth-order valence-electron chi connectivity index (χ4n) is 2.48. The first-order valence-corrected chi connectivity index (χ1v) is 8.72. The molecule has 1 aliphatic heterocycles. The molecule has 0 aromatic heterocycles. The predicted molar refractivity (Wildman–Crippen MR) is 102 cm³/mol. The van der Waals surface area contributed by atoms with E-state index in [0.717, 1.165) is 51.6 Å². The van der Waals surface area contributed by atoms with Gasteiger partial charge in [0.1, 0.15) is 0 Å². The number of anilines is 1. The Morgan fingerprint density at radius 3 is 2.19 bits per heavy atom. The van der Waals surface area contributed by atoms with Crippen molar-refractivity contribution >= 4 is 17.6 Å². The first-order valence-electron chi connectivity index (χ1n) is 8.72. The summed E-state index contributed by atoms with van der Waals surface area (Å²) in [5.74, 6) is -2.51. The van der Waals surface area contributed by atoms with E-state index in [4.69, 9.17) is 14.9 Å². The van der Waals surface area contributed by atoms with Gasteiger partial charge in [0, 0.05) is 51.5 Å². The van der Waals surface area contributed by atoms with Gasteiger partial charge in [0.05, 0.1) is 12.3 Å². The first kappa shape index (κ1) is 22.3. The standard InChI is InChI=1S/C15H22N2O2.C4H4O4/c1-2-19-13-12-16-8-10-17(11-9-16)14-6-4-3-5-7-15(14)18;5-3(6)1-2-4(7)8/h3-7H,2,8-13H2,1H3;1-2H,(H,5,6)(H,7,8)/b;2-1-. The first-order chi connectivity index (χ1) is 12.9. The highest BCUT2D eigenvalue weighted by atomic mass is 16.5. The fraction of sp³-hybridized carbons (Fsp3) is 0.421. The molecule has 1 heterocycles. The van der Waals surface area contributed by atoms with E-state index in [2.05, 4.69) is 9.80 Å². The van der Waals surface area contributed by atoms with Crippen LogP contribution in [-0.4, -0.2) is 73.0 Å². The Labute approximate surface area is 158 Å². The van der Waals surface area contributed by atoms with Crippen LogP contribution < -0.4 is 10.3 Å². The van der Waals surface area contributed by atoms with Crippen molar-refractivity contribution in [3.63, 3.8) is 0 Å². The van der Waals surface area contributed by atoms with Crippen molar-refractivity contribution in [2.24, 2.45) is 0 Å². The molecule has 2 rings (SSSR count). The average Bonchev–Trinajstić information content (AvgIpc) is 2.86. The van der Waals surface area contributed by atoms with Crippen LogP contribution >= 0.6 is 0 Å². The van der Waals surface area contributed by atoms with Crippen LogP contribution in [0.2, 0.25) is 0 Å². The van der Waals surface area contributed by atoms with Gasteiger partial charge in [0.25, 0.3) is 0 Å². The molecule has 0 bridgehead atoms. The van der Waals surface area contributed by atoms with Crippen molar-refractivity contribution in [3.05, 3.63) is 52.7 Å². The largest absolute Gasteiger partial charge is 0.478 e. The van der Waals surface area contributed by atoms with Crippen molar-refractivity contribution in [1.29, 1.82) is 0 Å². The Bertz CT molecular complexity index is 668. The minimum absolute atomic E-state index is 0.104. The van der Waals surface area contributed by atoms with Crippen molar-refractivity contribution < 1.29 is 24.5 Å². The Morgan fingerprint density at radius 1 is 1.04 bits per heavy atom. The summed E-state index contributed by atoms with van der Waals surface area (Å²) in [6.07, 6.45) is 1.12. The van der Waals surface area contributed by atoms with Crippen LogP contribution in [0, 0.1) is 0 Å². The summed E-state index contributed by atoms with van der Waals surface area (Å²) in [5.41, 5.74) is 0.919. The van der Waals surface area contributed by atoms with Crippen LogP contribution in [0.5, 0.6) is 0 Å². The summed E-state index contributed by atoms with van der Waals surface area (Å²) in [4.78, 5) is 35.6. The van der Waals surface area contributed by atoms with Crippen molar-refractivity contribution in [2.75, 3.05) is 50.8 Å². The molecule has 1 fully saturated rings. The summed E-state index contributed by atoms with van der Waals surface area (Å²) in [6.45, 7) is 8.37. The Balaban J connectivity index is 0.000000387. The number of ether oxygens (including phenoxy) is 1. The predicted octanol–water partition coefficient (Wildman–Crippen LogP) is 0.917. The molecule has 1 aromatic rings. The van der Waals surface area contributed by atoms with Crippen LogP contribution in [0.15, 0.2) is 47.3 Å². The highest BCUT2D eigenvalue weighted by molar-refractivity contribution is 5.89. The number of carboxylic acid groups (broad SMARTS) is 2. The lowest BCUT2D eigenvalue weighted by Crippen LogP contribution is -2.48. The Kier molecular flexibility index (Phi) is 10.4. The molecule has 1 saturated heterocycles. The van der Waals surface area contributed by atoms with E-state index < -0.39 is 11.9 Å². The molecule has 1 aliphatic rings. The van der Waals surface area contributed by atoms with Crippen molar-refractivity contribution in [3.8, 4) is 0 Å². The van der Waals surface area contributed by atoms with E-state index in [-0.39, 0.29) is 5.43 Å². The zero-order chi connectivity index (χ0) is 20.1. The fourth-order valence-corrected chi connectivity index (χ4v) is 2.48. The Morgan fingerprint density at radius 2 is 1.63 bits per heavy atom. The number of hydrogen-bond acceptors (Lipinski definition) is 6. The third kappa shape index (κ3) is 9.53. The number of carboxylic acids is 2. The molecule has 1 aromatic carbocycles. The molecule has 2 N–H and O–H groups in total. The van der Waals surface area contributed by atoms with Gasteiger partial charge in [-0.05, 0) is 19.1 Å². The van der Waals surface area contributed by atoms with Crippen molar-refractivity contribution in [1.82, 2.24) is 4.90 Å². The van der Waals surface area contributed by atoms with Gasteiger partial charge < -0.3 is 19.8 Å². The number of hydrogen-bond donors (Lipinski definition) is 2. The third-order valence-corrected chi connectivity index (χ3v) is 3.81. The van der Waals surface area contributed by atoms with Gasteiger partial charge >= 0.3 is 11.9 Å². The maximum atomic E-state index is 11.9. The minimum atomic E-state index is -1.26. The minimum Gasteiger partial charge on any atom is -0.478 e. The van der Waals surface area contributed by atoms with Gasteiger partial charge in [-0.25, -0.2) is 9.59 Å². The molecular formula is C19H26N2O6. The van der Waals surface area contributed by atoms with Crippen LogP contribution in [0.25, 0.3) is 0 Å². The van der Waals surface area contributed by atoms with Gasteiger partial charge in [-0.3, -0.25) is 9.69 Å². The second-order valence-corrected chi connectivity index (χ2v) is 5.70. The number of rotatable bonds is 7. The summed E-state index contributed by atoms with van der Waals surface area (Å²) >= 11 is 0. The monoisotopic (exact) mass is 378 g/mol. The van der Waals surface area contributed by atoms with Crippen LogP contribution in [0.1, 0.15) is 6.92 Å². The highest BCUT2D eigenvalue weighted by Crippen LogP contribution is 2.10. The number of aliphatic carboxylic acids is 2. The molecule has 0 radical (unpaired) electrons. The molecule has 27 heavy (non-hydrogen) atoms. The molecule has 0 amide bonds. The van der Waals surface area contributed by atoms with E-state index >= 15 is 0 Å². The number of nitrogens with zero attached hydrogens (tertiary/aromatic N) is 2. The SMILES string of the molecule is CCOCCN1CCN(c2cccccc2=O)CC1.O=C(O)/C=C\C(=O)O. The van der Waals surface area contributed by atoms with Gasteiger partial charge in [0.2, 0.25) is 5.43 Å². The number of carbonyl (C=O) groups is 2. The summed E-state index contributed by atoms with van der Waals surface area (Å²) < 4.78 is 5.37. The average molecular weight is 378 g/mol. The topological polar surface area (TPSA) is 107 Å². The van der Waals surface area contributed by atoms with E-state index in [0.29, 0.717) is 12.2 Å². The van der Waals surface area contributed by atoms with Crippen LogP contribution in [0.4, 0.5) is 5.69 Å². The summed E-state index contributed by atoms with van der Waals surface area (Å²) in [6, 6.07) is 9.17. The molecule has 0 unspecified atom stereocenters. The van der Waals surface area contributed by atoms with E-state index in [1.165, 1.54) is 0 Å². The maximum absolute atomic E-state index is 11.9. The molecular weight excluding hydrogens is 352 g/mol. The van der Waals surface area contributed by atoms with Gasteiger partial charge in [-0.15, -0.1) is 0 Å². The maximum Gasteiger partial charge on any atom is 0.328 e. The molecule has 0 aliphatic carbocycles. The van der Waals surface area contributed by atoms with Gasteiger partial charge in [-0.1, -0.05) is 18.2 Å². The zero-order valence-electron chi connectivity index (χ0n) is 15.4. The second-order valence-electron chi connectivity index (χ2n) is 5.70. The Hall–Kier alpha value is -2.71. The summed E-state index contributed by atoms with van der Waals surface area (Å²) in [7, 11) is 0. The smallest absolute Gasteiger partial charge is 0.328 e. The molecule has 0 spiro atoms.